The third-order valence-corrected chi connectivity index (χ3v) is 5.22. The van der Waals surface area contributed by atoms with Crippen molar-refractivity contribution in [1.82, 2.24) is 0 Å². The molecule has 0 atom stereocenters. The summed E-state index contributed by atoms with van der Waals surface area (Å²) in [5.74, 6) is -0.878. The number of hydrogen-bond donors (Lipinski definition) is 3. The molecule has 0 amide bonds. The molecule has 1 aliphatic carbocycles. The fourth-order valence-electron chi connectivity index (χ4n) is 2.95. The average molecular weight is 304 g/mol. The van der Waals surface area contributed by atoms with E-state index in [0.717, 1.165) is 24.9 Å². The zero-order valence-electron chi connectivity index (χ0n) is 13.9. The van der Waals surface area contributed by atoms with Gasteiger partial charge >= 0.3 is 5.97 Å². The number of nitrogens with two attached hydrogens (primary N) is 1. The van der Waals surface area contributed by atoms with Gasteiger partial charge < -0.3 is 16.2 Å². The third-order valence-electron chi connectivity index (χ3n) is 5.22. The van der Waals surface area contributed by atoms with Crippen molar-refractivity contribution in [1.29, 1.82) is 0 Å². The smallest absolute Gasteiger partial charge is 0.323 e. The predicted octanol–water partition coefficient (Wildman–Crippen LogP) is 3.51. The second-order valence-corrected chi connectivity index (χ2v) is 7.19. The van der Waals surface area contributed by atoms with Gasteiger partial charge in [0.15, 0.2) is 0 Å². The molecule has 0 radical (unpaired) electrons. The van der Waals surface area contributed by atoms with E-state index in [9.17, 15) is 4.79 Å². The summed E-state index contributed by atoms with van der Waals surface area (Å²) < 4.78 is 0. The molecule has 0 aromatic heterocycles. The molecule has 0 heterocycles. The second-order valence-electron chi connectivity index (χ2n) is 7.19. The molecule has 22 heavy (non-hydrogen) atoms. The van der Waals surface area contributed by atoms with Crippen LogP contribution in [0, 0.1) is 0 Å². The van der Waals surface area contributed by atoms with Crippen molar-refractivity contribution >= 4 is 11.7 Å². The first kappa shape index (κ1) is 16.8. The van der Waals surface area contributed by atoms with Gasteiger partial charge in [0.05, 0.1) is 0 Å². The molecule has 4 nitrogen and oxygen atoms in total. The molecule has 1 saturated carbocycles. The first-order valence-electron chi connectivity index (χ1n) is 8.16. The van der Waals surface area contributed by atoms with Gasteiger partial charge in [-0.15, -0.1) is 0 Å². The molecule has 4 heteroatoms. The molecular formula is C18H28N2O2. The van der Waals surface area contributed by atoms with Gasteiger partial charge in [-0.25, -0.2) is 0 Å². The summed E-state index contributed by atoms with van der Waals surface area (Å²) in [5, 5.41) is 12.7. The van der Waals surface area contributed by atoms with E-state index in [0.29, 0.717) is 18.9 Å². The highest BCUT2D eigenvalue weighted by Crippen LogP contribution is 2.30. The lowest BCUT2D eigenvalue weighted by Gasteiger charge is -2.34. The number of carboxylic acid groups (broad SMARTS) is 1. The van der Waals surface area contributed by atoms with Crippen molar-refractivity contribution < 1.29 is 9.90 Å². The summed E-state index contributed by atoms with van der Waals surface area (Å²) >= 11 is 0. The first-order valence-corrected chi connectivity index (χ1v) is 8.16. The number of nitrogens with one attached hydrogen (secondary N) is 1. The van der Waals surface area contributed by atoms with Crippen molar-refractivity contribution in [2.75, 3.05) is 5.32 Å². The molecule has 0 unspecified atom stereocenters. The maximum atomic E-state index is 11.2. The van der Waals surface area contributed by atoms with Crippen LogP contribution in [-0.4, -0.2) is 22.7 Å². The van der Waals surface area contributed by atoms with Crippen LogP contribution in [0.1, 0.15) is 58.4 Å². The molecule has 1 aromatic rings. The first-order chi connectivity index (χ1) is 10.3. The molecule has 0 aliphatic heterocycles. The monoisotopic (exact) mass is 304 g/mol. The van der Waals surface area contributed by atoms with Crippen LogP contribution in [0.5, 0.6) is 0 Å². The summed E-state index contributed by atoms with van der Waals surface area (Å²) in [7, 11) is 0. The van der Waals surface area contributed by atoms with E-state index < -0.39 is 11.5 Å². The van der Waals surface area contributed by atoms with Gasteiger partial charge in [-0.05, 0) is 55.2 Å². The maximum absolute atomic E-state index is 11.2. The van der Waals surface area contributed by atoms with Crippen molar-refractivity contribution in [3.8, 4) is 0 Å². The van der Waals surface area contributed by atoms with Crippen LogP contribution in [0.4, 0.5) is 5.69 Å². The minimum Gasteiger partial charge on any atom is -0.480 e. The Morgan fingerprint density at radius 3 is 2.32 bits per heavy atom. The van der Waals surface area contributed by atoms with Gasteiger partial charge in [0, 0.05) is 11.7 Å². The predicted molar refractivity (Wildman–Crippen MR) is 90.2 cm³/mol. The van der Waals surface area contributed by atoms with Crippen LogP contribution in [0.3, 0.4) is 0 Å². The lowest BCUT2D eigenvalue weighted by Crippen LogP contribution is -2.52. The van der Waals surface area contributed by atoms with Crippen molar-refractivity contribution in [3.63, 3.8) is 0 Å². The Hall–Kier alpha value is -1.55. The Morgan fingerprint density at radius 1 is 1.32 bits per heavy atom. The Bertz CT molecular complexity index is 514. The number of aliphatic carboxylic acids is 1. The average Bonchev–Trinajstić information content (AvgIpc) is 2.50. The summed E-state index contributed by atoms with van der Waals surface area (Å²) in [4.78, 5) is 11.2. The van der Waals surface area contributed by atoms with Crippen LogP contribution < -0.4 is 11.1 Å². The van der Waals surface area contributed by atoms with E-state index in [2.05, 4.69) is 50.4 Å². The number of rotatable bonds is 5. The zero-order valence-corrected chi connectivity index (χ0v) is 13.9. The standard InChI is InChI=1S/C18H28N2O2/c1-4-17(2,3)13-5-7-14(8-6-13)20-15-9-11-18(19,12-10-15)16(21)22/h5-8,15,20H,4,9-12,19H2,1-3H3,(H,21,22). The number of carbonyl (C=O) groups is 1. The lowest BCUT2D eigenvalue weighted by molar-refractivity contribution is -0.144. The third kappa shape index (κ3) is 3.61. The van der Waals surface area contributed by atoms with Gasteiger partial charge in [-0.2, -0.15) is 0 Å². The number of benzene rings is 1. The largest absolute Gasteiger partial charge is 0.480 e. The van der Waals surface area contributed by atoms with Crippen LogP contribution in [0.2, 0.25) is 0 Å². The fourth-order valence-corrected chi connectivity index (χ4v) is 2.95. The molecule has 1 aromatic carbocycles. The van der Waals surface area contributed by atoms with Crippen LogP contribution in [0.15, 0.2) is 24.3 Å². The number of carboxylic acids is 1. The minimum absolute atomic E-state index is 0.198. The SMILES string of the molecule is CCC(C)(C)c1ccc(NC2CCC(N)(C(=O)O)CC2)cc1. The Balaban J connectivity index is 1.94. The molecule has 1 fully saturated rings. The van der Waals surface area contributed by atoms with Gasteiger partial charge in [-0.3, -0.25) is 4.79 Å². The minimum atomic E-state index is -1.03. The highest BCUT2D eigenvalue weighted by Gasteiger charge is 2.38. The molecule has 0 bridgehead atoms. The van der Waals surface area contributed by atoms with Crippen molar-refractivity contribution in [2.45, 2.75) is 69.9 Å². The van der Waals surface area contributed by atoms with Gasteiger partial charge in [0.1, 0.15) is 5.54 Å². The molecule has 0 spiro atoms. The summed E-state index contributed by atoms with van der Waals surface area (Å²) in [6, 6.07) is 8.90. The summed E-state index contributed by atoms with van der Waals surface area (Å²) in [6.45, 7) is 6.71. The van der Waals surface area contributed by atoms with E-state index in [4.69, 9.17) is 10.8 Å². The van der Waals surface area contributed by atoms with E-state index in [1.807, 2.05) is 0 Å². The van der Waals surface area contributed by atoms with E-state index in [-0.39, 0.29) is 5.41 Å². The quantitative estimate of drug-likeness (QED) is 0.778. The van der Waals surface area contributed by atoms with Crippen molar-refractivity contribution in [3.05, 3.63) is 29.8 Å². The van der Waals surface area contributed by atoms with E-state index in [1.165, 1.54) is 5.56 Å². The normalized spacial score (nSPS) is 25.7. The maximum Gasteiger partial charge on any atom is 0.323 e. The fraction of sp³-hybridized carbons (Fsp3) is 0.611. The lowest BCUT2D eigenvalue weighted by atomic mass is 9.80. The Labute approximate surface area is 133 Å². The second kappa shape index (κ2) is 6.29. The van der Waals surface area contributed by atoms with Gasteiger partial charge in [-0.1, -0.05) is 32.9 Å². The molecule has 0 saturated heterocycles. The molecular weight excluding hydrogens is 276 g/mol. The number of hydrogen-bond acceptors (Lipinski definition) is 3. The molecule has 122 valence electrons. The zero-order chi connectivity index (χ0) is 16.4. The Kier molecular flexibility index (Phi) is 4.81. The van der Waals surface area contributed by atoms with Crippen LogP contribution in [0.25, 0.3) is 0 Å². The highest BCUT2D eigenvalue weighted by molar-refractivity contribution is 5.78. The summed E-state index contributed by atoms with van der Waals surface area (Å²) in [5.41, 5.74) is 7.52. The summed E-state index contributed by atoms with van der Waals surface area (Å²) in [6.07, 6.45) is 3.76. The Morgan fingerprint density at radius 2 is 1.86 bits per heavy atom. The topological polar surface area (TPSA) is 75.3 Å². The number of anilines is 1. The molecule has 1 aliphatic rings. The molecule has 2 rings (SSSR count). The van der Waals surface area contributed by atoms with E-state index >= 15 is 0 Å². The van der Waals surface area contributed by atoms with Gasteiger partial charge in [0.25, 0.3) is 0 Å². The van der Waals surface area contributed by atoms with Gasteiger partial charge in [0.2, 0.25) is 0 Å². The molecule has 4 N–H and O–H groups in total. The van der Waals surface area contributed by atoms with E-state index in [1.54, 1.807) is 0 Å². The highest BCUT2D eigenvalue weighted by atomic mass is 16.4. The van der Waals surface area contributed by atoms with Crippen LogP contribution >= 0.6 is 0 Å². The van der Waals surface area contributed by atoms with Crippen molar-refractivity contribution in [2.24, 2.45) is 5.73 Å². The van der Waals surface area contributed by atoms with Crippen LogP contribution in [-0.2, 0) is 10.2 Å².